The topological polar surface area (TPSA) is 142 Å². The number of nitrogens with one attached hydrogen (secondary N) is 2. The summed E-state index contributed by atoms with van der Waals surface area (Å²) in [5.41, 5.74) is 0. The van der Waals surface area contributed by atoms with Gasteiger partial charge >= 0.3 is 11.9 Å². The standard InChI is InChI=1S/C43H80N2O7/c1-3-5-7-9-11-13-15-16-17-18-19-21-24-28-32-38(52-42(49)35-31-27-22-20-14-12-10-8-6-4-2)33-29-25-23-26-30-34-40(47)44-36-41(48)45-39(37-46)43(50)51/h8,10,38-39,46H,3-7,9,11-37H2,1-2H3,(H,44,47)(H,45,48)(H,50,51)/b10-8-. The molecule has 0 spiro atoms. The molecule has 0 aromatic carbocycles. The average molecular weight is 737 g/mol. The van der Waals surface area contributed by atoms with Crippen molar-refractivity contribution in [3.63, 3.8) is 0 Å². The van der Waals surface area contributed by atoms with E-state index in [1.54, 1.807) is 0 Å². The van der Waals surface area contributed by atoms with E-state index in [1.807, 2.05) is 0 Å². The minimum absolute atomic E-state index is 0.0109. The van der Waals surface area contributed by atoms with Gasteiger partial charge in [-0.05, 0) is 57.8 Å². The van der Waals surface area contributed by atoms with Crippen LogP contribution in [0.2, 0.25) is 0 Å². The number of hydrogen-bond acceptors (Lipinski definition) is 6. The lowest BCUT2D eigenvalue weighted by atomic mass is 10.0. The lowest BCUT2D eigenvalue weighted by molar-refractivity contribution is -0.150. The Morgan fingerprint density at radius 3 is 1.52 bits per heavy atom. The average Bonchev–Trinajstić information content (AvgIpc) is 3.13. The van der Waals surface area contributed by atoms with Gasteiger partial charge in [0.05, 0.1) is 13.2 Å². The predicted octanol–water partition coefficient (Wildman–Crippen LogP) is 10.3. The Hall–Kier alpha value is -2.42. The molecule has 0 saturated carbocycles. The Morgan fingerprint density at radius 1 is 0.558 bits per heavy atom. The SMILES string of the molecule is CCC/C=C\CCCCCCCC(=O)OC(CCCCCCCCCCCCCCCC)CCCCCCCC(=O)NCC(=O)NC(CO)C(=O)O. The number of amides is 2. The van der Waals surface area contributed by atoms with E-state index < -0.39 is 24.5 Å². The molecular formula is C43H80N2O7. The molecule has 0 rings (SSSR count). The molecule has 0 aromatic rings. The van der Waals surface area contributed by atoms with Crippen molar-refractivity contribution in [2.75, 3.05) is 13.2 Å². The van der Waals surface area contributed by atoms with Crippen molar-refractivity contribution in [2.45, 2.75) is 225 Å². The second-order valence-electron chi connectivity index (χ2n) is 14.8. The number of hydrogen-bond donors (Lipinski definition) is 4. The molecular weight excluding hydrogens is 656 g/mol. The zero-order valence-corrected chi connectivity index (χ0v) is 33.6. The van der Waals surface area contributed by atoms with Crippen LogP contribution in [0, 0.1) is 0 Å². The molecule has 4 N–H and O–H groups in total. The molecule has 9 nitrogen and oxygen atoms in total. The van der Waals surface area contributed by atoms with Crippen LogP contribution in [0.15, 0.2) is 12.2 Å². The van der Waals surface area contributed by atoms with Crippen LogP contribution in [0.4, 0.5) is 0 Å². The first kappa shape index (κ1) is 49.6. The number of aliphatic carboxylic acids is 1. The summed E-state index contributed by atoms with van der Waals surface area (Å²) in [6.07, 6.45) is 39.5. The van der Waals surface area contributed by atoms with Crippen molar-refractivity contribution >= 4 is 23.8 Å². The summed E-state index contributed by atoms with van der Waals surface area (Å²) in [6.45, 7) is 3.44. The molecule has 52 heavy (non-hydrogen) atoms. The first-order valence-electron chi connectivity index (χ1n) is 21.6. The maximum Gasteiger partial charge on any atom is 0.328 e. The number of carboxylic acids is 1. The molecule has 0 aliphatic rings. The van der Waals surface area contributed by atoms with Gasteiger partial charge < -0.3 is 25.6 Å². The number of esters is 1. The highest BCUT2D eigenvalue weighted by Crippen LogP contribution is 2.19. The summed E-state index contributed by atoms with van der Waals surface area (Å²) in [6, 6.07) is -1.38. The summed E-state index contributed by atoms with van der Waals surface area (Å²) in [4.78, 5) is 47.5. The Morgan fingerprint density at radius 2 is 1.02 bits per heavy atom. The van der Waals surface area contributed by atoms with Crippen LogP contribution in [-0.4, -0.2) is 59.3 Å². The maximum absolute atomic E-state index is 12.7. The Bertz CT molecular complexity index is 895. The van der Waals surface area contributed by atoms with Gasteiger partial charge in [0.25, 0.3) is 0 Å². The number of carboxylic acid groups (broad SMARTS) is 1. The highest BCUT2D eigenvalue weighted by Gasteiger charge is 2.19. The highest BCUT2D eigenvalue weighted by molar-refractivity contribution is 5.87. The van der Waals surface area contributed by atoms with Crippen LogP contribution < -0.4 is 10.6 Å². The number of aliphatic hydroxyl groups is 1. The summed E-state index contributed by atoms with van der Waals surface area (Å²) in [7, 11) is 0. The number of carbonyl (C=O) groups is 4. The molecule has 304 valence electrons. The Labute approximate surface area is 318 Å². The third kappa shape index (κ3) is 34.7. The van der Waals surface area contributed by atoms with E-state index >= 15 is 0 Å². The monoisotopic (exact) mass is 737 g/mol. The van der Waals surface area contributed by atoms with Gasteiger partial charge in [-0.25, -0.2) is 4.79 Å². The number of allylic oxidation sites excluding steroid dienone is 2. The number of rotatable bonds is 39. The predicted molar refractivity (Wildman–Crippen MR) is 213 cm³/mol. The normalized spacial score (nSPS) is 12.5. The van der Waals surface area contributed by atoms with Gasteiger partial charge in [0.15, 0.2) is 0 Å². The zero-order chi connectivity index (χ0) is 38.3. The van der Waals surface area contributed by atoms with Gasteiger partial charge in [-0.1, -0.05) is 154 Å². The third-order valence-corrected chi connectivity index (χ3v) is 9.74. The Balaban J connectivity index is 4.29. The molecule has 0 heterocycles. The summed E-state index contributed by atoms with van der Waals surface area (Å²) < 4.78 is 6.02. The van der Waals surface area contributed by atoms with Gasteiger partial charge in [-0.2, -0.15) is 0 Å². The van der Waals surface area contributed by atoms with Crippen molar-refractivity contribution < 1.29 is 34.1 Å². The zero-order valence-electron chi connectivity index (χ0n) is 33.6. The molecule has 2 unspecified atom stereocenters. The van der Waals surface area contributed by atoms with E-state index in [-0.39, 0.29) is 24.5 Å². The van der Waals surface area contributed by atoms with E-state index in [4.69, 9.17) is 14.9 Å². The molecule has 2 amide bonds. The molecule has 0 fully saturated rings. The van der Waals surface area contributed by atoms with E-state index in [1.165, 1.54) is 116 Å². The number of unbranched alkanes of at least 4 members (excludes halogenated alkanes) is 23. The number of carbonyl (C=O) groups excluding carboxylic acids is 3. The lowest BCUT2D eigenvalue weighted by Gasteiger charge is -2.18. The quantitative estimate of drug-likeness (QED) is 0.0279. The van der Waals surface area contributed by atoms with Crippen LogP contribution in [0.25, 0.3) is 0 Å². The van der Waals surface area contributed by atoms with Gasteiger partial charge in [0.2, 0.25) is 11.8 Å². The van der Waals surface area contributed by atoms with E-state index in [2.05, 4.69) is 36.6 Å². The molecule has 0 saturated heterocycles. The fraction of sp³-hybridized carbons (Fsp3) is 0.860. The molecule has 0 aliphatic heterocycles. The van der Waals surface area contributed by atoms with Crippen molar-refractivity contribution in [2.24, 2.45) is 0 Å². The minimum Gasteiger partial charge on any atom is -0.480 e. The van der Waals surface area contributed by atoms with Gasteiger partial charge in [0, 0.05) is 12.8 Å². The summed E-state index contributed by atoms with van der Waals surface area (Å²) in [5.74, 6) is -2.29. The van der Waals surface area contributed by atoms with Crippen molar-refractivity contribution in [3.05, 3.63) is 12.2 Å². The summed E-state index contributed by atoms with van der Waals surface area (Å²) in [5, 5.41) is 22.5. The van der Waals surface area contributed by atoms with E-state index in [0.717, 1.165) is 64.2 Å². The van der Waals surface area contributed by atoms with Gasteiger partial charge in [-0.3, -0.25) is 14.4 Å². The first-order valence-corrected chi connectivity index (χ1v) is 21.6. The summed E-state index contributed by atoms with van der Waals surface area (Å²) >= 11 is 0. The van der Waals surface area contributed by atoms with Crippen LogP contribution in [0.5, 0.6) is 0 Å². The fourth-order valence-electron chi connectivity index (χ4n) is 6.42. The highest BCUT2D eigenvalue weighted by atomic mass is 16.5. The van der Waals surface area contributed by atoms with Gasteiger partial charge in [0.1, 0.15) is 12.1 Å². The van der Waals surface area contributed by atoms with Crippen molar-refractivity contribution in [3.8, 4) is 0 Å². The maximum atomic E-state index is 12.7. The van der Waals surface area contributed by atoms with E-state index in [9.17, 15) is 19.2 Å². The van der Waals surface area contributed by atoms with E-state index in [0.29, 0.717) is 19.3 Å². The third-order valence-electron chi connectivity index (χ3n) is 9.74. The molecule has 0 bridgehead atoms. The van der Waals surface area contributed by atoms with Gasteiger partial charge in [-0.15, -0.1) is 0 Å². The van der Waals surface area contributed by atoms with Crippen LogP contribution in [-0.2, 0) is 23.9 Å². The number of aliphatic hydroxyl groups excluding tert-OH is 1. The second-order valence-corrected chi connectivity index (χ2v) is 14.8. The lowest BCUT2D eigenvalue weighted by Crippen LogP contribution is -2.47. The molecule has 9 heteroatoms. The van der Waals surface area contributed by atoms with Crippen LogP contribution in [0.1, 0.15) is 213 Å². The first-order chi connectivity index (χ1) is 25.3. The van der Waals surface area contributed by atoms with Crippen molar-refractivity contribution in [1.29, 1.82) is 0 Å². The van der Waals surface area contributed by atoms with Crippen LogP contribution >= 0.6 is 0 Å². The molecule has 0 aromatic heterocycles. The molecule has 0 aliphatic carbocycles. The number of ether oxygens (including phenoxy) is 1. The fourth-order valence-corrected chi connectivity index (χ4v) is 6.42. The largest absolute Gasteiger partial charge is 0.480 e. The Kier molecular flexibility index (Phi) is 36.5. The minimum atomic E-state index is -1.38. The molecule has 2 atom stereocenters. The van der Waals surface area contributed by atoms with Crippen LogP contribution in [0.3, 0.4) is 0 Å². The van der Waals surface area contributed by atoms with Crippen molar-refractivity contribution in [1.82, 2.24) is 10.6 Å². The smallest absolute Gasteiger partial charge is 0.328 e. The second kappa shape index (κ2) is 38.3. The molecule has 0 radical (unpaired) electrons.